The van der Waals surface area contributed by atoms with Crippen molar-refractivity contribution in [2.75, 3.05) is 19.4 Å². The van der Waals surface area contributed by atoms with Gasteiger partial charge in [0.1, 0.15) is 5.82 Å². The molecule has 0 radical (unpaired) electrons. The molecule has 1 amide bonds. The molecule has 0 spiro atoms. The van der Waals surface area contributed by atoms with Crippen LogP contribution in [0.2, 0.25) is 5.02 Å². The number of aryl methyl sites for hydroxylation is 1. The number of rotatable bonds is 8. The van der Waals surface area contributed by atoms with E-state index in [1.807, 2.05) is 0 Å². The smallest absolute Gasteiger partial charge is 0.316 e. The van der Waals surface area contributed by atoms with E-state index in [9.17, 15) is 14.0 Å². The van der Waals surface area contributed by atoms with Crippen LogP contribution in [0.4, 0.5) is 4.39 Å². The summed E-state index contributed by atoms with van der Waals surface area (Å²) >= 11 is 7.17. The lowest BCUT2D eigenvalue weighted by Crippen LogP contribution is -2.31. The highest BCUT2D eigenvalue weighted by Gasteiger charge is 2.16. The first-order chi connectivity index (χ1) is 12.4. The highest BCUT2D eigenvalue weighted by molar-refractivity contribution is 7.99. The van der Waals surface area contributed by atoms with E-state index in [2.05, 4.69) is 10.1 Å². The van der Waals surface area contributed by atoms with Crippen molar-refractivity contribution >= 4 is 35.2 Å². The summed E-state index contributed by atoms with van der Waals surface area (Å²) in [5, 5.41) is 3.93. The molecule has 1 aromatic carbocycles. The Morgan fingerprint density at radius 1 is 1.42 bits per heavy atom. The molecule has 0 bridgehead atoms. The van der Waals surface area contributed by atoms with Crippen molar-refractivity contribution in [1.82, 2.24) is 15.0 Å². The molecule has 0 saturated heterocycles. The fourth-order valence-corrected chi connectivity index (χ4v) is 2.80. The molecule has 140 valence electrons. The second kappa shape index (κ2) is 9.54. The van der Waals surface area contributed by atoms with Crippen molar-refractivity contribution in [1.29, 1.82) is 0 Å². The third kappa shape index (κ3) is 5.99. The number of hydrogen-bond donors (Lipinski definition) is 0. The van der Waals surface area contributed by atoms with Crippen LogP contribution in [0, 0.1) is 12.7 Å². The predicted octanol–water partition coefficient (Wildman–Crippen LogP) is 2.61. The predicted molar refractivity (Wildman–Crippen MR) is 94.0 cm³/mol. The minimum atomic E-state index is -0.541. The van der Waals surface area contributed by atoms with Gasteiger partial charge in [0.05, 0.1) is 11.5 Å². The number of nitrogens with zero attached hydrogens (tertiary/aromatic N) is 3. The SMILES string of the molecule is Cc1nc(CSCC(=O)OCC(=O)N(C)Cc2c(F)cccc2Cl)no1. The van der Waals surface area contributed by atoms with Gasteiger partial charge in [-0.2, -0.15) is 4.98 Å². The minimum absolute atomic E-state index is 0.0200. The molecule has 1 heterocycles. The van der Waals surface area contributed by atoms with Crippen LogP contribution in [-0.2, 0) is 26.6 Å². The van der Waals surface area contributed by atoms with Crippen LogP contribution in [0.5, 0.6) is 0 Å². The van der Waals surface area contributed by atoms with Crippen molar-refractivity contribution in [3.05, 3.63) is 46.3 Å². The number of hydrogen-bond acceptors (Lipinski definition) is 7. The van der Waals surface area contributed by atoms with Gasteiger partial charge >= 0.3 is 5.97 Å². The zero-order valence-corrected chi connectivity index (χ0v) is 15.8. The van der Waals surface area contributed by atoms with Crippen LogP contribution in [0.1, 0.15) is 17.3 Å². The second-order valence-electron chi connectivity index (χ2n) is 5.33. The Kier molecular flexibility index (Phi) is 7.40. The zero-order chi connectivity index (χ0) is 19.1. The van der Waals surface area contributed by atoms with Crippen molar-refractivity contribution < 1.29 is 23.2 Å². The molecule has 0 aliphatic rings. The number of halogens is 2. The fraction of sp³-hybridized carbons (Fsp3) is 0.375. The number of ether oxygens (including phenoxy) is 1. The third-order valence-electron chi connectivity index (χ3n) is 3.26. The van der Waals surface area contributed by atoms with Crippen LogP contribution in [0.3, 0.4) is 0 Å². The normalized spacial score (nSPS) is 10.6. The average molecular weight is 402 g/mol. The molecule has 1 aromatic heterocycles. The molecular formula is C16H17ClFN3O4S. The topological polar surface area (TPSA) is 85.5 Å². The molecule has 26 heavy (non-hydrogen) atoms. The Morgan fingerprint density at radius 2 is 2.19 bits per heavy atom. The number of benzene rings is 1. The Morgan fingerprint density at radius 3 is 2.85 bits per heavy atom. The first kappa shape index (κ1) is 20.2. The Bertz CT molecular complexity index is 766. The Balaban J connectivity index is 1.72. The van der Waals surface area contributed by atoms with Gasteiger partial charge in [0.25, 0.3) is 5.91 Å². The number of carbonyl (C=O) groups is 2. The number of carbonyl (C=O) groups excluding carboxylic acids is 2. The summed E-state index contributed by atoms with van der Waals surface area (Å²) in [6.07, 6.45) is 0. The van der Waals surface area contributed by atoms with Gasteiger partial charge in [-0.05, 0) is 12.1 Å². The summed E-state index contributed by atoms with van der Waals surface area (Å²) in [7, 11) is 1.48. The van der Waals surface area contributed by atoms with E-state index in [1.165, 1.54) is 35.8 Å². The number of amides is 1. The first-order valence-electron chi connectivity index (χ1n) is 7.56. The van der Waals surface area contributed by atoms with Crippen LogP contribution in [0.15, 0.2) is 22.7 Å². The van der Waals surface area contributed by atoms with Gasteiger partial charge in [-0.1, -0.05) is 22.8 Å². The van der Waals surface area contributed by atoms with Crippen molar-refractivity contribution in [2.24, 2.45) is 0 Å². The maximum Gasteiger partial charge on any atom is 0.316 e. The van der Waals surface area contributed by atoms with Crippen molar-refractivity contribution in [2.45, 2.75) is 19.2 Å². The highest BCUT2D eigenvalue weighted by Crippen LogP contribution is 2.20. The summed E-state index contributed by atoms with van der Waals surface area (Å²) in [6.45, 7) is 1.23. The molecule has 0 saturated carbocycles. The monoisotopic (exact) mass is 401 g/mol. The quantitative estimate of drug-likeness (QED) is 0.628. The lowest BCUT2D eigenvalue weighted by Gasteiger charge is -2.18. The summed E-state index contributed by atoms with van der Waals surface area (Å²) < 4.78 is 23.5. The van der Waals surface area contributed by atoms with Gasteiger partial charge in [0.2, 0.25) is 5.89 Å². The molecule has 7 nitrogen and oxygen atoms in total. The minimum Gasteiger partial charge on any atom is -0.455 e. The molecule has 10 heteroatoms. The molecule has 0 atom stereocenters. The van der Waals surface area contributed by atoms with Gasteiger partial charge in [-0.15, -0.1) is 11.8 Å². The van der Waals surface area contributed by atoms with Gasteiger partial charge in [0, 0.05) is 31.1 Å². The van der Waals surface area contributed by atoms with E-state index in [-0.39, 0.29) is 22.9 Å². The van der Waals surface area contributed by atoms with E-state index in [4.69, 9.17) is 20.9 Å². The van der Waals surface area contributed by atoms with Gasteiger partial charge < -0.3 is 14.2 Å². The van der Waals surface area contributed by atoms with E-state index in [0.717, 1.165) is 0 Å². The number of likely N-dealkylation sites (N-methyl/N-ethyl adjacent to an activating group) is 1. The number of thioether (sulfide) groups is 1. The maximum absolute atomic E-state index is 13.7. The average Bonchev–Trinajstić information content (AvgIpc) is 3.01. The fourth-order valence-electron chi connectivity index (χ4n) is 1.93. The van der Waals surface area contributed by atoms with Gasteiger partial charge in [0.15, 0.2) is 12.4 Å². The molecule has 2 rings (SSSR count). The largest absolute Gasteiger partial charge is 0.455 e. The van der Waals surface area contributed by atoms with Gasteiger partial charge in [-0.25, -0.2) is 4.39 Å². The molecule has 0 N–H and O–H groups in total. The van der Waals surface area contributed by atoms with Crippen LogP contribution in [0.25, 0.3) is 0 Å². The molecular weight excluding hydrogens is 385 g/mol. The van der Waals surface area contributed by atoms with Crippen LogP contribution < -0.4 is 0 Å². The molecule has 0 aliphatic heterocycles. The van der Waals surface area contributed by atoms with Crippen molar-refractivity contribution in [3.63, 3.8) is 0 Å². The molecule has 0 aliphatic carbocycles. The van der Waals surface area contributed by atoms with E-state index >= 15 is 0 Å². The van der Waals surface area contributed by atoms with Gasteiger partial charge in [-0.3, -0.25) is 9.59 Å². The first-order valence-corrected chi connectivity index (χ1v) is 9.09. The summed E-state index contributed by atoms with van der Waals surface area (Å²) in [6, 6.07) is 4.29. The number of aromatic nitrogens is 2. The van der Waals surface area contributed by atoms with E-state index < -0.39 is 24.3 Å². The molecule has 0 fully saturated rings. The van der Waals surface area contributed by atoms with Crippen LogP contribution in [-0.4, -0.2) is 46.3 Å². The molecule has 2 aromatic rings. The standard InChI is InChI=1S/C16H17ClFN3O4S/c1-10-19-14(20-25-10)8-26-9-16(23)24-7-15(22)21(2)6-11-12(17)4-3-5-13(11)18/h3-5H,6-9H2,1-2H3. The third-order valence-corrected chi connectivity index (χ3v) is 4.52. The van der Waals surface area contributed by atoms with Crippen molar-refractivity contribution in [3.8, 4) is 0 Å². The Labute approximate surface area is 158 Å². The number of esters is 1. The Hall–Kier alpha value is -2.13. The summed E-state index contributed by atoms with van der Waals surface area (Å²) in [4.78, 5) is 28.9. The second-order valence-corrected chi connectivity index (χ2v) is 6.73. The van der Waals surface area contributed by atoms with E-state index in [0.29, 0.717) is 17.5 Å². The summed E-state index contributed by atoms with van der Waals surface area (Å²) in [5.41, 5.74) is 0.210. The highest BCUT2D eigenvalue weighted by atomic mass is 35.5. The lowest BCUT2D eigenvalue weighted by molar-refractivity contribution is -0.149. The van der Waals surface area contributed by atoms with Crippen LogP contribution >= 0.6 is 23.4 Å². The lowest BCUT2D eigenvalue weighted by atomic mass is 10.2. The molecule has 0 unspecified atom stereocenters. The summed E-state index contributed by atoms with van der Waals surface area (Å²) in [5.74, 6) is -0.125. The zero-order valence-electron chi connectivity index (χ0n) is 14.2. The van der Waals surface area contributed by atoms with E-state index in [1.54, 1.807) is 13.0 Å². The maximum atomic E-state index is 13.7.